The number of aliphatic carboxylic acids is 2. The maximum absolute atomic E-state index is 10.8. The first-order chi connectivity index (χ1) is 14.9. The van der Waals surface area contributed by atoms with Crippen LogP contribution >= 0.6 is 0 Å². The van der Waals surface area contributed by atoms with E-state index in [0.29, 0.717) is 32.3 Å². The maximum Gasteiger partial charge on any atom is 2.00 e. The first-order valence-corrected chi connectivity index (χ1v) is 10.1. The van der Waals surface area contributed by atoms with Crippen LogP contribution in [0.2, 0.25) is 0 Å². The molecule has 12 heteroatoms. The second-order valence-electron chi connectivity index (χ2n) is 6.45. The van der Waals surface area contributed by atoms with Crippen molar-refractivity contribution in [1.29, 1.82) is 0 Å². The normalized spacial score (nSPS) is 8.97. The molecule has 0 aliphatic rings. The van der Waals surface area contributed by atoms with Crippen molar-refractivity contribution in [2.75, 3.05) is 13.2 Å². The van der Waals surface area contributed by atoms with Crippen LogP contribution in [0.1, 0.15) is 79.1 Å². The zero-order chi connectivity index (χ0) is 25.5. The van der Waals surface area contributed by atoms with E-state index < -0.39 is 36.7 Å². The Morgan fingerprint density at radius 2 is 1.09 bits per heavy atom. The third kappa shape index (κ3) is 37.4. The van der Waals surface area contributed by atoms with Crippen LogP contribution in [0.5, 0.6) is 0 Å². The molecule has 0 aromatic heterocycles. The van der Waals surface area contributed by atoms with Crippen molar-refractivity contribution < 1.29 is 75.0 Å². The average molecular weight is 508 g/mol. The summed E-state index contributed by atoms with van der Waals surface area (Å²) in [6, 6.07) is 0. The van der Waals surface area contributed by atoms with E-state index in [2.05, 4.69) is 4.74 Å². The number of ketones is 3. The molecule has 0 amide bonds. The molecule has 0 heterocycles. The monoisotopic (exact) mass is 508 g/mol. The number of carboxylic acid groups (broad SMARTS) is 2. The van der Waals surface area contributed by atoms with Crippen molar-refractivity contribution >= 4 is 41.2 Å². The summed E-state index contributed by atoms with van der Waals surface area (Å²) in [5.74, 6) is -5.00. The van der Waals surface area contributed by atoms with Crippen molar-refractivity contribution in [2.45, 2.75) is 79.1 Å². The Labute approximate surface area is 208 Å². The average Bonchev–Trinajstić information content (AvgIpc) is 2.61. The summed E-state index contributed by atoms with van der Waals surface area (Å²) >= 11 is 0. The molecule has 0 unspecified atom stereocenters. The number of Topliss-reactive ketones (excluding diaryl/α,β-unsaturated/α-hetero) is 3. The maximum atomic E-state index is 10.8. The molecule has 0 rings (SSSR count). The van der Waals surface area contributed by atoms with Crippen LogP contribution in [0.3, 0.4) is 0 Å². The minimum Gasteiger partial charge on any atom is -0.550 e. The van der Waals surface area contributed by atoms with Crippen molar-refractivity contribution in [3.05, 3.63) is 0 Å². The van der Waals surface area contributed by atoms with E-state index in [9.17, 15) is 43.8 Å². The largest absolute Gasteiger partial charge is 2.00 e. The number of hydrogen-bond acceptors (Lipinski definition) is 11. The Bertz CT molecular complexity index is 600. The predicted molar refractivity (Wildman–Crippen MR) is 107 cm³/mol. The number of rotatable bonds is 14. The fourth-order valence-corrected chi connectivity index (χ4v) is 1.75. The molecule has 0 saturated heterocycles. The van der Waals surface area contributed by atoms with Crippen LogP contribution in [-0.2, 0) is 64.8 Å². The van der Waals surface area contributed by atoms with Crippen LogP contribution in [0.25, 0.3) is 0 Å². The fraction of sp³-hybridized carbons (Fsp3) is 0.667. The van der Waals surface area contributed by atoms with E-state index in [1.165, 1.54) is 6.92 Å². The summed E-state index contributed by atoms with van der Waals surface area (Å²) in [7, 11) is 0. The summed E-state index contributed by atoms with van der Waals surface area (Å²) < 4.78 is 9.12. The van der Waals surface area contributed by atoms with Gasteiger partial charge < -0.3 is 29.3 Å². The van der Waals surface area contributed by atoms with E-state index in [1.54, 1.807) is 0 Å². The standard InChI is InChI=1S/C9H14O5.2C6H10O3.Ti/c1-3-4-13-6-9(12)14-8(11)5-7(2)10;2*1-2-3-5(7)4-6(8)9;/h3-6H2,1-2H3;2*2-4H2,1H3,(H,8,9);/q;;;+2/p-2. The van der Waals surface area contributed by atoms with Gasteiger partial charge in [-0.2, -0.15) is 0 Å². The van der Waals surface area contributed by atoms with Crippen LogP contribution in [0.15, 0.2) is 0 Å². The number of carbonyl (C=O) groups excluding carboxylic acids is 7. The Balaban J connectivity index is -0.000000196. The van der Waals surface area contributed by atoms with Crippen LogP contribution in [0, 0.1) is 0 Å². The van der Waals surface area contributed by atoms with Gasteiger partial charge in [0.15, 0.2) is 0 Å². The summed E-state index contributed by atoms with van der Waals surface area (Å²) in [5, 5.41) is 19.5. The van der Waals surface area contributed by atoms with Gasteiger partial charge in [-0.1, -0.05) is 20.8 Å². The third-order valence-electron chi connectivity index (χ3n) is 2.93. The number of hydrogen-bond donors (Lipinski definition) is 0. The molecule has 0 spiro atoms. The molecule has 0 saturated carbocycles. The van der Waals surface area contributed by atoms with Gasteiger partial charge in [-0.3, -0.25) is 19.2 Å². The third-order valence-corrected chi connectivity index (χ3v) is 2.93. The van der Waals surface area contributed by atoms with E-state index in [-0.39, 0.29) is 52.1 Å². The minimum atomic E-state index is -1.28. The quantitative estimate of drug-likeness (QED) is 0.127. The Kier molecular flexibility index (Phi) is 30.0. The zero-order valence-corrected chi connectivity index (χ0v) is 21.1. The molecule has 0 aliphatic carbocycles. The molecule has 0 atom stereocenters. The molecular formula is C21H32O11Ti. The molecule has 0 bridgehead atoms. The van der Waals surface area contributed by atoms with Crippen LogP contribution in [0.4, 0.5) is 0 Å². The number of carbonyl (C=O) groups is 7. The molecule has 186 valence electrons. The van der Waals surface area contributed by atoms with Gasteiger partial charge in [0.05, 0.1) is 0 Å². The van der Waals surface area contributed by atoms with Crippen molar-refractivity contribution in [3.8, 4) is 0 Å². The van der Waals surface area contributed by atoms with Gasteiger partial charge in [0.2, 0.25) is 0 Å². The molecule has 33 heavy (non-hydrogen) atoms. The van der Waals surface area contributed by atoms with Gasteiger partial charge in [0.1, 0.15) is 30.4 Å². The van der Waals surface area contributed by atoms with Crippen molar-refractivity contribution in [1.82, 2.24) is 0 Å². The van der Waals surface area contributed by atoms with E-state index in [1.807, 2.05) is 20.8 Å². The predicted octanol–water partition coefficient (Wildman–Crippen LogP) is -0.549. The number of ether oxygens (including phenoxy) is 2. The number of carboxylic acids is 2. The van der Waals surface area contributed by atoms with Gasteiger partial charge in [0.25, 0.3) is 0 Å². The van der Waals surface area contributed by atoms with Gasteiger partial charge in [-0.15, -0.1) is 0 Å². The zero-order valence-electron chi connectivity index (χ0n) is 19.6. The Hall–Kier alpha value is -2.24. The van der Waals surface area contributed by atoms with Gasteiger partial charge in [-0.05, 0) is 26.2 Å². The fourth-order valence-electron chi connectivity index (χ4n) is 1.75. The summed E-state index contributed by atoms with van der Waals surface area (Å²) in [5.41, 5.74) is 0. The van der Waals surface area contributed by atoms with E-state index in [4.69, 9.17) is 4.74 Å². The van der Waals surface area contributed by atoms with Gasteiger partial charge in [0, 0.05) is 44.2 Å². The van der Waals surface area contributed by atoms with E-state index >= 15 is 0 Å². The molecule has 0 aromatic carbocycles. The molecule has 11 nitrogen and oxygen atoms in total. The van der Waals surface area contributed by atoms with Gasteiger partial charge in [-0.25, -0.2) is 4.79 Å². The summed E-state index contributed by atoms with van der Waals surface area (Å²) in [6.07, 6.45) is 1.62. The smallest absolute Gasteiger partial charge is 0.550 e. The molecule has 0 aliphatic heterocycles. The van der Waals surface area contributed by atoms with Crippen LogP contribution in [-0.4, -0.2) is 54.4 Å². The summed E-state index contributed by atoms with van der Waals surface area (Å²) in [6.45, 7) is 6.99. The Morgan fingerprint density at radius 3 is 1.39 bits per heavy atom. The SMILES string of the molecule is CCCC(=O)CC(=O)[O-].CCCC(=O)CC(=O)[O-].CCCOCC(=O)OC(=O)CC(C)=O.[Ti+2]. The topological polar surface area (TPSA) is 184 Å². The summed E-state index contributed by atoms with van der Waals surface area (Å²) in [4.78, 5) is 72.4. The molecule has 0 fully saturated rings. The van der Waals surface area contributed by atoms with Gasteiger partial charge >= 0.3 is 33.7 Å². The minimum absolute atomic E-state index is 0. The van der Waals surface area contributed by atoms with E-state index in [0.717, 1.165) is 6.42 Å². The second kappa shape index (κ2) is 26.0. The van der Waals surface area contributed by atoms with Crippen molar-refractivity contribution in [2.24, 2.45) is 0 Å². The molecule has 0 N–H and O–H groups in total. The Morgan fingerprint density at radius 1 is 0.667 bits per heavy atom. The van der Waals surface area contributed by atoms with Crippen molar-refractivity contribution in [3.63, 3.8) is 0 Å². The molecule has 0 aromatic rings. The molecule has 0 radical (unpaired) electrons. The first-order valence-electron chi connectivity index (χ1n) is 10.1. The molecular weight excluding hydrogens is 476 g/mol. The van der Waals surface area contributed by atoms with Crippen LogP contribution < -0.4 is 10.2 Å². The number of esters is 2. The second-order valence-corrected chi connectivity index (χ2v) is 6.45. The first kappa shape index (κ1) is 38.0.